The minimum absolute atomic E-state index is 0.224. The molecule has 1 aromatic heterocycles. The van der Waals surface area contributed by atoms with Gasteiger partial charge in [0.05, 0.1) is 4.88 Å². The van der Waals surface area contributed by atoms with Crippen molar-refractivity contribution in [1.82, 2.24) is 4.90 Å². The van der Waals surface area contributed by atoms with E-state index in [1.54, 1.807) is 11.3 Å². The van der Waals surface area contributed by atoms with Crippen LogP contribution < -0.4 is 5.73 Å². The van der Waals surface area contributed by atoms with Crippen LogP contribution in [0.15, 0.2) is 6.07 Å². The molecule has 0 aromatic carbocycles. The number of fused-ring (bicyclic) bond motifs is 1. The van der Waals surface area contributed by atoms with Gasteiger partial charge >= 0.3 is 0 Å². The second kappa shape index (κ2) is 6.93. The highest BCUT2D eigenvalue weighted by molar-refractivity contribution is 7.14. The van der Waals surface area contributed by atoms with Crippen molar-refractivity contribution in [2.45, 2.75) is 63.8 Å². The van der Waals surface area contributed by atoms with Gasteiger partial charge in [0.1, 0.15) is 0 Å². The van der Waals surface area contributed by atoms with E-state index in [4.69, 9.17) is 5.73 Å². The molecule has 1 aliphatic heterocycles. The van der Waals surface area contributed by atoms with Crippen molar-refractivity contribution in [1.29, 1.82) is 0 Å². The zero-order valence-corrected chi connectivity index (χ0v) is 13.6. The fraction of sp³-hybridized carbons (Fsp3) is 0.706. The first-order chi connectivity index (χ1) is 10.3. The summed E-state index contributed by atoms with van der Waals surface area (Å²) in [4.78, 5) is 17.3. The number of amides is 1. The summed E-state index contributed by atoms with van der Waals surface area (Å²) >= 11 is 1.74. The van der Waals surface area contributed by atoms with E-state index in [0.717, 1.165) is 37.1 Å². The molecule has 116 valence electrons. The van der Waals surface area contributed by atoms with E-state index >= 15 is 0 Å². The van der Waals surface area contributed by atoms with Crippen molar-refractivity contribution in [3.05, 3.63) is 21.4 Å². The van der Waals surface area contributed by atoms with Gasteiger partial charge in [-0.05, 0) is 56.6 Å². The van der Waals surface area contributed by atoms with Gasteiger partial charge in [-0.25, -0.2) is 0 Å². The fourth-order valence-corrected chi connectivity index (χ4v) is 4.81. The second-order valence-corrected chi connectivity index (χ2v) is 7.49. The van der Waals surface area contributed by atoms with Crippen LogP contribution in [0.25, 0.3) is 0 Å². The van der Waals surface area contributed by atoms with Crippen LogP contribution in [0.2, 0.25) is 0 Å². The number of hydrogen-bond acceptors (Lipinski definition) is 3. The lowest BCUT2D eigenvalue weighted by Crippen LogP contribution is -2.47. The number of carbonyl (C=O) groups excluding carboxylic acids is 1. The molecule has 0 saturated carbocycles. The average Bonchev–Trinajstić information content (AvgIpc) is 2.88. The lowest BCUT2D eigenvalue weighted by Gasteiger charge is -2.34. The predicted molar refractivity (Wildman–Crippen MR) is 87.9 cm³/mol. The van der Waals surface area contributed by atoms with Gasteiger partial charge in [-0.15, -0.1) is 11.3 Å². The molecule has 2 N–H and O–H groups in total. The number of aryl methyl sites for hydroxylation is 2. The van der Waals surface area contributed by atoms with Crippen molar-refractivity contribution in [2.24, 2.45) is 5.73 Å². The maximum atomic E-state index is 12.8. The first kappa shape index (κ1) is 15.0. The minimum Gasteiger partial charge on any atom is -0.334 e. The van der Waals surface area contributed by atoms with Crippen molar-refractivity contribution in [3.63, 3.8) is 0 Å². The van der Waals surface area contributed by atoms with E-state index in [0.29, 0.717) is 6.54 Å². The number of piperidine rings is 1. The molecular weight excluding hydrogens is 280 g/mol. The largest absolute Gasteiger partial charge is 0.334 e. The van der Waals surface area contributed by atoms with E-state index in [9.17, 15) is 4.79 Å². The zero-order chi connectivity index (χ0) is 14.7. The highest BCUT2D eigenvalue weighted by Crippen LogP contribution is 2.30. The maximum Gasteiger partial charge on any atom is 0.264 e. The molecule has 3 rings (SSSR count). The van der Waals surface area contributed by atoms with E-state index in [2.05, 4.69) is 6.07 Å². The van der Waals surface area contributed by atoms with Crippen LogP contribution in [0.4, 0.5) is 0 Å². The number of nitrogens with zero attached hydrogens (tertiary/aromatic N) is 1. The van der Waals surface area contributed by atoms with Crippen LogP contribution in [-0.4, -0.2) is 29.9 Å². The van der Waals surface area contributed by atoms with E-state index in [1.165, 1.54) is 42.5 Å². The van der Waals surface area contributed by atoms with Gasteiger partial charge in [-0.3, -0.25) is 4.79 Å². The molecule has 2 aliphatic rings. The SMILES string of the molecule is NCC1CCCCN1C(=O)c1cc2c(s1)CCCCCC2. The molecular formula is C17H26N2OS. The number of hydrogen-bond donors (Lipinski definition) is 1. The molecule has 2 heterocycles. The third kappa shape index (κ3) is 3.32. The van der Waals surface area contributed by atoms with Gasteiger partial charge in [0.25, 0.3) is 5.91 Å². The van der Waals surface area contributed by atoms with E-state index in [1.807, 2.05) is 4.90 Å². The van der Waals surface area contributed by atoms with Gasteiger partial charge in [-0.1, -0.05) is 12.8 Å². The lowest BCUT2D eigenvalue weighted by molar-refractivity contribution is 0.0628. The zero-order valence-electron chi connectivity index (χ0n) is 12.8. The van der Waals surface area contributed by atoms with Crippen LogP contribution in [0, 0.1) is 0 Å². The Morgan fingerprint density at radius 3 is 2.81 bits per heavy atom. The number of likely N-dealkylation sites (tertiary alicyclic amines) is 1. The molecule has 1 unspecified atom stereocenters. The third-order valence-corrected chi connectivity index (χ3v) is 6.09. The van der Waals surface area contributed by atoms with Crippen molar-refractivity contribution < 1.29 is 4.79 Å². The number of nitrogens with two attached hydrogens (primary N) is 1. The highest BCUT2D eigenvalue weighted by Gasteiger charge is 2.28. The molecule has 0 bridgehead atoms. The number of carbonyl (C=O) groups is 1. The van der Waals surface area contributed by atoms with Crippen LogP contribution in [0.1, 0.15) is 65.1 Å². The molecule has 4 heteroatoms. The van der Waals surface area contributed by atoms with Gasteiger partial charge in [0.15, 0.2) is 0 Å². The first-order valence-electron chi connectivity index (χ1n) is 8.42. The Kier molecular flexibility index (Phi) is 4.96. The minimum atomic E-state index is 0.224. The van der Waals surface area contributed by atoms with Crippen LogP contribution in [0.5, 0.6) is 0 Å². The standard InChI is InChI=1S/C17H26N2OS/c18-12-14-8-5-6-10-19(14)17(20)16-11-13-7-3-1-2-4-9-15(13)21-16/h11,14H,1-10,12,18H2. The van der Waals surface area contributed by atoms with Gasteiger partial charge in [0.2, 0.25) is 0 Å². The average molecular weight is 306 g/mol. The third-order valence-electron chi connectivity index (χ3n) is 4.87. The van der Waals surface area contributed by atoms with Crippen molar-refractivity contribution in [3.8, 4) is 0 Å². The van der Waals surface area contributed by atoms with Crippen molar-refractivity contribution >= 4 is 17.2 Å². The molecule has 3 nitrogen and oxygen atoms in total. The summed E-state index contributed by atoms with van der Waals surface area (Å²) in [6.07, 6.45) is 10.9. The van der Waals surface area contributed by atoms with Crippen molar-refractivity contribution in [2.75, 3.05) is 13.1 Å². The Labute approximate surface area is 131 Å². The molecule has 21 heavy (non-hydrogen) atoms. The normalized spacial score (nSPS) is 23.3. The molecule has 1 aromatic rings. The van der Waals surface area contributed by atoms with Gasteiger partial charge in [-0.2, -0.15) is 0 Å². The predicted octanol–water partition coefficient (Wildman–Crippen LogP) is 3.36. The van der Waals surface area contributed by atoms with E-state index < -0.39 is 0 Å². The molecule has 0 spiro atoms. The second-order valence-electron chi connectivity index (χ2n) is 6.36. The fourth-order valence-electron chi connectivity index (χ4n) is 3.60. The van der Waals surface area contributed by atoms with Gasteiger partial charge in [0, 0.05) is 24.0 Å². The molecule has 1 amide bonds. The van der Waals surface area contributed by atoms with Gasteiger partial charge < -0.3 is 10.6 Å². The Morgan fingerprint density at radius 2 is 2.00 bits per heavy atom. The lowest BCUT2D eigenvalue weighted by atomic mass is 9.99. The molecule has 0 radical (unpaired) electrons. The summed E-state index contributed by atoms with van der Waals surface area (Å²) in [5.74, 6) is 0.224. The van der Waals surface area contributed by atoms with Crippen LogP contribution >= 0.6 is 11.3 Å². The maximum absolute atomic E-state index is 12.8. The first-order valence-corrected chi connectivity index (χ1v) is 9.24. The molecule has 1 atom stereocenters. The summed E-state index contributed by atoms with van der Waals surface area (Å²) in [6.45, 7) is 1.47. The summed E-state index contributed by atoms with van der Waals surface area (Å²) in [6, 6.07) is 2.42. The summed E-state index contributed by atoms with van der Waals surface area (Å²) in [7, 11) is 0. The Bertz CT molecular complexity index is 471. The quantitative estimate of drug-likeness (QED) is 0.910. The summed E-state index contributed by atoms with van der Waals surface area (Å²) in [5, 5.41) is 0. The molecule has 1 fully saturated rings. The Hall–Kier alpha value is -0.870. The Morgan fingerprint density at radius 1 is 1.19 bits per heavy atom. The topological polar surface area (TPSA) is 46.3 Å². The monoisotopic (exact) mass is 306 g/mol. The Balaban J connectivity index is 1.79. The van der Waals surface area contributed by atoms with Crippen LogP contribution in [-0.2, 0) is 12.8 Å². The van der Waals surface area contributed by atoms with E-state index in [-0.39, 0.29) is 11.9 Å². The van der Waals surface area contributed by atoms with Crippen LogP contribution in [0.3, 0.4) is 0 Å². The number of thiophene rings is 1. The molecule has 1 aliphatic carbocycles. The molecule has 1 saturated heterocycles. The number of rotatable bonds is 2. The summed E-state index contributed by atoms with van der Waals surface area (Å²) < 4.78 is 0. The smallest absolute Gasteiger partial charge is 0.264 e. The summed E-state index contributed by atoms with van der Waals surface area (Å²) in [5.41, 5.74) is 7.29. The highest BCUT2D eigenvalue weighted by atomic mass is 32.1.